The predicted molar refractivity (Wildman–Crippen MR) is 16.7 cm³/mol. The van der Waals surface area contributed by atoms with Crippen LogP contribution in [0.2, 0.25) is 0 Å². The Bertz CT molecular complexity index is 71.9. The Kier molecular flexibility index (Phi) is 0.754. The molecule has 0 aromatic carbocycles. The van der Waals surface area contributed by atoms with Crippen molar-refractivity contribution in [1.29, 1.82) is 0 Å². The summed E-state index contributed by atoms with van der Waals surface area (Å²) in [6.45, 7) is 0. The highest BCUT2D eigenvalue weighted by Crippen LogP contribution is 1.64. The van der Waals surface area contributed by atoms with E-state index < -0.39 is 5.23 Å². The molecule has 0 aliphatic carbocycles. The van der Waals surface area contributed by atoms with Gasteiger partial charge in [0, 0.05) is 0 Å². The molecule has 0 bridgehead atoms. The largest absolute Gasteiger partial charge is 0.593 e. The molecule has 1 atom stereocenters. The van der Waals surface area contributed by atoms with Gasteiger partial charge < -0.3 is 5.21 Å². The molecular weight excluding hydrogens is 84.0 g/mol. The fourth-order valence-corrected chi connectivity index (χ4v) is 0.204. The van der Waals surface area contributed by atoms with E-state index in [0.29, 0.717) is 0 Å². The van der Waals surface area contributed by atoms with Crippen molar-refractivity contribution in [3.63, 3.8) is 0 Å². The van der Waals surface area contributed by atoms with Crippen LogP contribution in [0.4, 0.5) is 0 Å². The van der Waals surface area contributed by atoms with Crippen molar-refractivity contribution in [2.24, 2.45) is 0 Å². The van der Waals surface area contributed by atoms with Crippen molar-refractivity contribution in [1.82, 2.24) is 5.48 Å². The molecule has 1 aliphatic rings. The minimum absolute atomic E-state index is 0.394. The van der Waals surface area contributed by atoms with Gasteiger partial charge in [0.05, 0.1) is 0 Å². The first-order valence-corrected chi connectivity index (χ1v) is 1.47. The molecule has 0 spiro atoms. The minimum atomic E-state index is -0.394. The molecular formula is C2H3N2O2. The molecule has 6 heavy (non-hydrogen) atoms. The summed E-state index contributed by atoms with van der Waals surface area (Å²) in [5.41, 5.74) is 3.13. The average molecular weight is 87.1 g/mol. The number of nitrogens with zero attached hydrogens (tertiary/aromatic N) is 1. The number of nitrogens with one attached hydrogen (secondary N) is 1. The molecule has 1 rings (SSSR count). The van der Waals surface area contributed by atoms with Crippen molar-refractivity contribution in [3.05, 3.63) is 17.6 Å². The highest BCUT2D eigenvalue weighted by atomic mass is 17.0. The van der Waals surface area contributed by atoms with Gasteiger partial charge >= 0.3 is 0 Å². The van der Waals surface area contributed by atoms with Crippen LogP contribution in [0.15, 0.2) is 12.4 Å². The maximum Gasteiger partial charge on any atom is 0.150 e. The third-order valence-electron chi connectivity index (χ3n) is 0.414. The number of quaternary nitrogens is 1. The number of rotatable bonds is 0. The summed E-state index contributed by atoms with van der Waals surface area (Å²) in [5.74, 6) is 0. The molecule has 33 valence electrons. The molecule has 0 aromatic heterocycles. The summed E-state index contributed by atoms with van der Waals surface area (Å²) in [4.78, 5) is 4.03. The van der Waals surface area contributed by atoms with Crippen LogP contribution in [-0.4, -0.2) is 0 Å². The van der Waals surface area contributed by atoms with E-state index in [0.717, 1.165) is 0 Å². The summed E-state index contributed by atoms with van der Waals surface area (Å²) in [7, 11) is 0. The second-order valence-electron chi connectivity index (χ2n) is 0.831. The van der Waals surface area contributed by atoms with Gasteiger partial charge in [-0.15, -0.1) is 0 Å². The predicted octanol–water partition coefficient (Wildman–Crippen LogP) is -1.70. The Morgan fingerprint density at radius 2 is 2.67 bits per heavy atom. The molecule has 1 unspecified atom stereocenters. The van der Waals surface area contributed by atoms with Crippen LogP contribution in [0.25, 0.3) is 0 Å². The van der Waals surface area contributed by atoms with Crippen LogP contribution >= 0.6 is 0 Å². The summed E-state index contributed by atoms with van der Waals surface area (Å²) in [6, 6.07) is 0. The van der Waals surface area contributed by atoms with E-state index in [1.807, 2.05) is 0 Å². The molecule has 0 aromatic rings. The van der Waals surface area contributed by atoms with Crippen LogP contribution in [0.1, 0.15) is 0 Å². The van der Waals surface area contributed by atoms with Gasteiger partial charge in [-0.1, -0.05) is 10.4 Å². The van der Waals surface area contributed by atoms with Crippen LogP contribution in [0.5, 0.6) is 0 Å². The van der Waals surface area contributed by atoms with E-state index >= 15 is 0 Å². The zero-order valence-electron chi connectivity index (χ0n) is 2.92. The van der Waals surface area contributed by atoms with Crippen molar-refractivity contribution in [2.75, 3.05) is 0 Å². The van der Waals surface area contributed by atoms with Gasteiger partial charge in [-0.05, 0) is 0 Å². The highest BCUT2D eigenvalue weighted by molar-refractivity contribution is 4.63. The lowest BCUT2D eigenvalue weighted by Gasteiger charge is -2.02. The quantitative estimate of drug-likeness (QED) is 0.358. The molecule has 0 amide bonds. The molecule has 1 N–H and O–H groups in total. The van der Waals surface area contributed by atoms with Crippen molar-refractivity contribution in [3.8, 4) is 0 Å². The number of hydrogen-bond acceptors (Lipinski definition) is 2. The van der Waals surface area contributed by atoms with Crippen LogP contribution in [-0.2, 0) is 4.94 Å². The molecule has 1 heterocycles. The monoisotopic (exact) mass is 87.0 g/mol. The van der Waals surface area contributed by atoms with E-state index in [1.54, 1.807) is 0 Å². The first-order chi connectivity index (χ1) is 2.89. The average Bonchev–Trinajstić information content (AvgIpc) is 1.86. The standard InChI is InChI=1S/C2H3N2O2/c5-4-2-1-3-6-4/h1-2,4H. The Balaban J connectivity index is 2.38. The highest BCUT2D eigenvalue weighted by Gasteiger charge is 1.97. The Morgan fingerprint density at radius 1 is 1.83 bits per heavy atom. The summed E-state index contributed by atoms with van der Waals surface area (Å²) >= 11 is 0. The van der Waals surface area contributed by atoms with Crippen LogP contribution < -0.4 is 10.7 Å². The van der Waals surface area contributed by atoms with Crippen LogP contribution in [0, 0.1) is 5.21 Å². The minimum Gasteiger partial charge on any atom is -0.593 e. The van der Waals surface area contributed by atoms with Gasteiger partial charge in [-0.2, -0.15) is 5.23 Å². The normalized spacial score (nSPS) is 30.5. The first-order valence-electron chi connectivity index (χ1n) is 1.47. The lowest BCUT2D eigenvalue weighted by atomic mass is 11.0. The third-order valence-corrected chi connectivity index (χ3v) is 0.414. The van der Waals surface area contributed by atoms with E-state index in [9.17, 15) is 5.21 Å². The van der Waals surface area contributed by atoms with E-state index in [2.05, 4.69) is 10.4 Å². The maximum absolute atomic E-state index is 9.84. The smallest absolute Gasteiger partial charge is 0.150 e. The molecule has 0 fully saturated rings. The fraction of sp³-hybridized carbons (Fsp3) is 0. The van der Waals surface area contributed by atoms with Crippen molar-refractivity contribution in [2.45, 2.75) is 0 Å². The number of hydroxylamine groups is 3. The molecule has 0 saturated carbocycles. The summed E-state index contributed by atoms with van der Waals surface area (Å²) in [5, 5.41) is 9.45. The van der Waals surface area contributed by atoms with Gasteiger partial charge in [0.15, 0.2) is 6.20 Å². The maximum atomic E-state index is 9.84. The second kappa shape index (κ2) is 1.25. The molecule has 0 saturated heterocycles. The van der Waals surface area contributed by atoms with Gasteiger partial charge in [-0.3, -0.25) is 0 Å². The van der Waals surface area contributed by atoms with E-state index in [1.165, 1.54) is 12.4 Å². The Morgan fingerprint density at radius 3 is 2.83 bits per heavy atom. The zero-order valence-corrected chi connectivity index (χ0v) is 2.92. The van der Waals surface area contributed by atoms with Gasteiger partial charge in [-0.25, -0.2) is 0 Å². The molecule has 4 nitrogen and oxygen atoms in total. The third kappa shape index (κ3) is 0.486. The van der Waals surface area contributed by atoms with Crippen molar-refractivity contribution >= 4 is 0 Å². The first kappa shape index (κ1) is 3.60. The molecule has 1 radical (unpaired) electrons. The molecule has 1 aliphatic heterocycles. The molecule has 4 heteroatoms. The van der Waals surface area contributed by atoms with E-state index in [-0.39, 0.29) is 0 Å². The Hall–Kier alpha value is -0.580. The topological polar surface area (TPSA) is 50.8 Å². The van der Waals surface area contributed by atoms with Crippen molar-refractivity contribution < 1.29 is 10.2 Å². The van der Waals surface area contributed by atoms with Gasteiger partial charge in [0.25, 0.3) is 0 Å². The van der Waals surface area contributed by atoms with Crippen LogP contribution in [0.3, 0.4) is 0 Å². The summed E-state index contributed by atoms with van der Waals surface area (Å²) in [6.07, 6.45) is 2.56. The van der Waals surface area contributed by atoms with Gasteiger partial charge in [0.2, 0.25) is 0 Å². The second-order valence-corrected chi connectivity index (χ2v) is 0.831. The lowest BCUT2D eigenvalue weighted by Crippen LogP contribution is -2.99. The van der Waals surface area contributed by atoms with E-state index in [4.69, 9.17) is 0 Å². The lowest BCUT2D eigenvalue weighted by molar-refractivity contribution is -1.01. The zero-order chi connectivity index (χ0) is 4.41. The number of hydrogen-bond donors (Lipinski definition) is 1. The Labute approximate surface area is 34.5 Å². The fourth-order valence-electron chi connectivity index (χ4n) is 0.204. The summed E-state index contributed by atoms with van der Waals surface area (Å²) < 4.78 is 0. The SMILES string of the molecule is [O-][NH+]1C=C[N]O1. The van der Waals surface area contributed by atoms with Gasteiger partial charge in [0.1, 0.15) is 6.20 Å².